The van der Waals surface area contributed by atoms with E-state index in [-0.39, 0.29) is 0 Å². The van der Waals surface area contributed by atoms with Crippen LogP contribution in [-0.4, -0.2) is 0 Å². The molecule has 0 heteroatoms. The van der Waals surface area contributed by atoms with E-state index in [1.807, 2.05) is 0 Å². The molecular formula is C18H32. The van der Waals surface area contributed by atoms with E-state index in [9.17, 15) is 0 Å². The van der Waals surface area contributed by atoms with Gasteiger partial charge >= 0.3 is 0 Å². The van der Waals surface area contributed by atoms with Gasteiger partial charge in [-0.15, -0.1) is 6.58 Å². The fourth-order valence-electron chi connectivity index (χ4n) is 4.29. The lowest BCUT2D eigenvalue weighted by atomic mass is 9.69. The van der Waals surface area contributed by atoms with E-state index in [1.165, 1.54) is 70.6 Å². The molecule has 0 unspecified atom stereocenters. The first-order chi connectivity index (χ1) is 8.83. The van der Waals surface area contributed by atoms with Crippen molar-refractivity contribution in [1.29, 1.82) is 0 Å². The van der Waals surface area contributed by atoms with Crippen LogP contribution in [0.3, 0.4) is 0 Å². The van der Waals surface area contributed by atoms with E-state index < -0.39 is 0 Å². The third-order valence-electron chi connectivity index (χ3n) is 5.67. The summed E-state index contributed by atoms with van der Waals surface area (Å²) >= 11 is 0. The minimum absolute atomic E-state index is 0.835. The second-order valence-electron chi connectivity index (χ2n) is 6.83. The molecule has 0 heterocycles. The largest absolute Gasteiger partial charge is 0.103 e. The van der Waals surface area contributed by atoms with Crippen LogP contribution in [0.15, 0.2) is 12.7 Å². The Labute approximate surface area is 114 Å². The van der Waals surface area contributed by atoms with Crippen LogP contribution in [0.1, 0.15) is 77.6 Å². The van der Waals surface area contributed by atoms with Crippen molar-refractivity contribution >= 4 is 0 Å². The van der Waals surface area contributed by atoms with Crippen molar-refractivity contribution in [2.45, 2.75) is 77.6 Å². The van der Waals surface area contributed by atoms with Gasteiger partial charge in [-0.2, -0.15) is 0 Å². The predicted molar refractivity (Wildman–Crippen MR) is 80.6 cm³/mol. The monoisotopic (exact) mass is 248 g/mol. The Morgan fingerprint density at radius 2 is 1.44 bits per heavy atom. The fraction of sp³-hybridized carbons (Fsp3) is 0.889. The van der Waals surface area contributed by atoms with Gasteiger partial charge in [-0.1, -0.05) is 45.1 Å². The molecule has 0 nitrogen and oxygen atoms in total. The first kappa shape index (κ1) is 14.2. The van der Waals surface area contributed by atoms with Crippen LogP contribution >= 0.6 is 0 Å². The highest BCUT2D eigenvalue weighted by molar-refractivity contribution is 4.87. The average Bonchev–Trinajstić information content (AvgIpc) is 2.46. The minimum Gasteiger partial charge on any atom is -0.103 e. The SMILES string of the molecule is C=C[C@H]1CC[C@H]([C@H]2CC[C@H](CCCC)CC2)CC1. The summed E-state index contributed by atoms with van der Waals surface area (Å²) in [7, 11) is 0. The van der Waals surface area contributed by atoms with E-state index in [1.54, 1.807) is 0 Å². The predicted octanol–water partition coefficient (Wildman–Crippen LogP) is 5.98. The number of allylic oxidation sites excluding steroid dienone is 1. The molecule has 0 aromatic heterocycles. The van der Waals surface area contributed by atoms with E-state index in [2.05, 4.69) is 19.6 Å². The second kappa shape index (κ2) is 7.36. The van der Waals surface area contributed by atoms with Gasteiger partial charge in [0.15, 0.2) is 0 Å². The molecule has 0 atom stereocenters. The maximum atomic E-state index is 3.96. The van der Waals surface area contributed by atoms with Crippen LogP contribution in [0.25, 0.3) is 0 Å². The lowest BCUT2D eigenvalue weighted by molar-refractivity contribution is 0.152. The van der Waals surface area contributed by atoms with Crippen molar-refractivity contribution in [2.24, 2.45) is 23.7 Å². The molecule has 0 amide bonds. The van der Waals surface area contributed by atoms with Crippen molar-refractivity contribution in [3.8, 4) is 0 Å². The standard InChI is InChI=1S/C18H32/c1-3-5-6-16-9-13-18(14-10-16)17-11-7-15(4-2)8-12-17/h4,15-18H,2-3,5-14H2,1H3/t15-,16-,17-,18-. The maximum Gasteiger partial charge on any atom is -0.0236 e. The molecule has 0 bridgehead atoms. The molecule has 2 saturated carbocycles. The Balaban J connectivity index is 1.68. The Morgan fingerprint density at radius 3 is 1.94 bits per heavy atom. The fourth-order valence-corrected chi connectivity index (χ4v) is 4.29. The maximum absolute atomic E-state index is 3.96. The summed E-state index contributed by atoms with van der Waals surface area (Å²) in [4.78, 5) is 0. The summed E-state index contributed by atoms with van der Waals surface area (Å²) < 4.78 is 0. The third kappa shape index (κ3) is 3.87. The van der Waals surface area contributed by atoms with Gasteiger partial charge in [0.25, 0.3) is 0 Å². The quantitative estimate of drug-likeness (QED) is 0.525. The molecule has 0 saturated heterocycles. The van der Waals surface area contributed by atoms with Crippen molar-refractivity contribution in [3.05, 3.63) is 12.7 Å². The average molecular weight is 248 g/mol. The highest BCUT2D eigenvalue weighted by atomic mass is 14.3. The normalized spacial score (nSPS) is 37.4. The highest BCUT2D eigenvalue weighted by Gasteiger charge is 2.29. The van der Waals surface area contributed by atoms with Crippen LogP contribution in [0.2, 0.25) is 0 Å². The zero-order chi connectivity index (χ0) is 12.8. The van der Waals surface area contributed by atoms with Crippen LogP contribution < -0.4 is 0 Å². The first-order valence-electron chi connectivity index (χ1n) is 8.46. The van der Waals surface area contributed by atoms with Crippen LogP contribution in [0.5, 0.6) is 0 Å². The number of unbranched alkanes of at least 4 members (excludes halogenated alkanes) is 1. The molecule has 0 spiro atoms. The summed E-state index contributed by atoms with van der Waals surface area (Å²) in [6, 6.07) is 0. The van der Waals surface area contributed by atoms with Crippen molar-refractivity contribution in [1.82, 2.24) is 0 Å². The zero-order valence-corrected chi connectivity index (χ0v) is 12.4. The molecule has 0 aromatic carbocycles. The van der Waals surface area contributed by atoms with E-state index in [0.717, 1.165) is 23.7 Å². The number of hydrogen-bond donors (Lipinski definition) is 0. The first-order valence-corrected chi connectivity index (χ1v) is 8.46. The van der Waals surface area contributed by atoms with Crippen LogP contribution in [0, 0.1) is 23.7 Å². The molecule has 2 fully saturated rings. The molecule has 2 aliphatic rings. The third-order valence-corrected chi connectivity index (χ3v) is 5.67. The Kier molecular flexibility index (Phi) is 5.79. The number of rotatable bonds is 5. The Hall–Kier alpha value is -0.260. The zero-order valence-electron chi connectivity index (χ0n) is 12.4. The molecule has 0 aliphatic heterocycles. The Bertz CT molecular complexity index is 226. The van der Waals surface area contributed by atoms with Crippen molar-refractivity contribution in [2.75, 3.05) is 0 Å². The Morgan fingerprint density at radius 1 is 0.889 bits per heavy atom. The van der Waals surface area contributed by atoms with E-state index in [4.69, 9.17) is 0 Å². The van der Waals surface area contributed by atoms with Gasteiger partial charge in [-0.25, -0.2) is 0 Å². The molecule has 0 aromatic rings. The highest BCUT2D eigenvalue weighted by Crippen LogP contribution is 2.42. The van der Waals surface area contributed by atoms with E-state index >= 15 is 0 Å². The lowest BCUT2D eigenvalue weighted by Crippen LogP contribution is -2.25. The summed E-state index contributed by atoms with van der Waals surface area (Å²) in [6.07, 6.45) is 18.5. The van der Waals surface area contributed by atoms with Gasteiger partial charge in [0, 0.05) is 0 Å². The van der Waals surface area contributed by atoms with Crippen molar-refractivity contribution < 1.29 is 0 Å². The van der Waals surface area contributed by atoms with Crippen LogP contribution in [0.4, 0.5) is 0 Å². The van der Waals surface area contributed by atoms with Gasteiger partial charge in [0.1, 0.15) is 0 Å². The van der Waals surface area contributed by atoms with Gasteiger partial charge in [-0.3, -0.25) is 0 Å². The topological polar surface area (TPSA) is 0 Å². The molecule has 18 heavy (non-hydrogen) atoms. The van der Waals surface area contributed by atoms with Gasteiger partial charge in [0.2, 0.25) is 0 Å². The van der Waals surface area contributed by atoms with Crippen molar-refractivity contribution in [3.63, 3.8) is 0 Å². The molecule has 104 valence electrons. The molecule has 0 radical (unpaired) electrons. The van der Waals surface area contributed by atoms with Gasteiger partial charge in [0.05, 0.1) is 0 Å². The van der Waals surface area contributed by atoms with Crippen LogP contribution in [-0.2, 0) is 0 Å². The summed E-state index contributed by atoms with van der Waals surface area (Å²) in [5.74, 6) is 4.05. The molecule has 0 N–H and O–H groups in total. The number of hydrogen-bond acceptors (Lipinski definition) is 0. The summed E-state index contributed by atoms with van der Waals surface area (Å²) in [6.45, 7) is 6.28. The molecular weight excluding hydrogens is 216 g/mol. The minimum atomic E-state index is 0.835. The smallest absolute Gasteiger partial charge is 0.0236 e. The van der Waals surface area contributed by atoms with E-state index in [0.29, 0.717) is 0 Å². The lowest BCUT2D eigenvalue weighted by Gasteiger charge is -2.37. The van der Waals surface area contributed by atoms with Gasteiger partial charge in [-0.05, 0) is 62.2 Å². The molecule has 2 aliphatic carbocycles. The molecule has 2 rings (SSSR count). The summed E-state index contributed by atoms with van der Waals surface area (Å²) in [5.41, 5.74) is 0. The van der Waals surface area contributed by atoms with Gasteiger partial charge < -0.3 is 0 Å². The summed E-state index contributed by atoms with van der Waals surface area (Å²) in [5, 5.41) is 0. The second-order valence-corrected chi connectivity index (χ2v) is 6.83.